The smallest absolute Gasteiger partial charge is 0.146 e. The van der Waals surface area contributed by atoms with Gasteiger partial charge in [0, 0.05) is 54.2 Å². The van der Waals surface area contributed by atoms with Crippen LogP contribution in [-0.2, 0) is 52.6 Å². The van der Waals surface area contributed by atoms with E-state index in [0.29, 0.717) is 11.1 Å². The van der Waals surface area contributed by atoms with Gasteiger partial charge in [0.25, 0.3) is 0 Å². The zero-order valence-corrected chi connectivity index (χ0v) is 52.0. The van der Waals surface area contributed by atoms with Crippen molar-refractivity contribution in [3.05, 3.63) is 184 Å². The van der Waals surface area contributed by atoms with Gasteiger partial charge in [-0.15, -0.1) is 53.1 Å². The first-order valence-corrected chi connectivity index (χ1v) is 27.4. The summed E-state index contributed by atoms with van der Waals surface area (Å²) in [5.74, 6) is 0. The molecule has 0 N–H and O–H groups in total. The maximum Gasteiger partial charge on any atom is 0.146 e. The summed E-state index contributed by atoms with van der Waals surface area (Å²) in [6.07, 6.45) is 3.96. The van der Waals surface area contributed by atoms with Crippen LogP contribution in [-0.4, -0.2) is 14.5 Å². The largest absolute Gasteiger partial charge is 0.498 e. The van der Waals surface area contributed by atoms with Gasteiger partial charge in [0.2, 0.25) is 0 Å². The Balaban J connectivity index is 0.000000322. The van der Waals surface area contributed by atoms with Crippen LogP contribution in [0.3, 0.4) is 0 Å². The number of furan rings is 1. The molecule has 0 unspecified atom stereocenters. The Morgan fingerprint density at radius 2 is 1.01 bits per heavy atom. The number of rotatable bonds is 4. The Morgan fingerprint density at radius 3 is 1.51 bits per heavy atom. The number of benzene rings is 6. The van der Waals surface area contributed by atoms with Crippen molar-refractivity contribution in [3.8, 4) is 45.4 Å². The number of hydrogen-bond acceptors (Lipinski definition) is 4. The Bertz CT molecular complexity index is 3840. The van der Waals surface area contributed by atoms with Crippen LogP contribution in [0.25, 0.3) is 83.1 Å². The summed E-state index contributed by atoms with van der Waals surface area (Å²) in [4.78, 5) is 9.68. The molecule has 0 saturated carbocycles. The molecule has 0 spiro atoms. The molecule has 4 heterocycles. The van der Waals surface area contributed by atoms with E-state index in [0.717, 1.165) is 88.6 Å². The second-order valence-electron chi connectivity index (χ2n) is 27.5. The second kappa shape index (κ2) is 20.5. The van der Waals surface area contributed by atoms with Gasteiger partial charge < -0.3 is 19.0 Å². The van der Waals surface area contributed by atoms with Crippen molar-refractivity contribution in [1.82, 2.24) is 14.5 Å². The second-order valence-corrected chi connectivity index (χ2v) is 27.5. The zero-order chi connectivity index (χ0) is 55.9. The van der Waals surface area contributed by atoms with E-state index >= 15 is 0 Å². The average molecular weight is 1210 g/mol. The monoisotopic (exact) mass is 1210 g/mol. The summed E-state index contributed by atoms with van der Waals surface area (Å²) in [7, 11) is 0. The van der Waals surface area contributed by atoms with Crippen molar-refractivity contribution in [2.24, 2.45) is 0 Å². The molecule has 78 heavy (non-hydrogen) atoms. The number of hydrogen-bond donors (Lipinski definition) is 0. The molecular formula is C72H78IrN4O-2. The molecule has 0 aliphatic heterocycles. The normalized spacial score (nSPS) is 12.7. The van der Waals surface area contributed by atoms with E-state index in [1.807, 2.05) is 24.5 Å². The minimum Gasteiger partial charge on any atom is -0.498 e. The summed E-state index contributed by atoms with van der Waals surface area (Å²) < 4.78 is 9.51. The van der Waals surface area contributed by atoms with Crippen molar-refractivity contribution in [2.75, 3.05) is 0 Å². The van der Waals surface area contributed by atoms with E-state index in [4.69, 9.17) is 9.40 Å². The Kier molecular flexibility index (Phi) is 15.2. The molecule has 403 valence electrons. The SMILES string of the molecule is CC(C)(C)c1ccc(-c2[c-]ccc(C(C)(C)C)c2)nc1.Cc1cc(-c2[c-]cc(C(C)(C)C)c3c2oc2c(-n4c5cc(C(C)(C)C)ccc5c5ccc(C(C)(C)C)cc54)c(C#N)ccc23)ncc1-c1ccc(C(C)(C)C)cc1.[Ir]. The molecule has 1 radical (unpaired) electrons. The van der Waals surface area contributed by atoms with Gasteiger partial charge in [-0.1, -0.05) is 208 Å². The maximum absolute atomic E-state index is 10.9. The molecule has 0 aliphatic rings. The standard InChI is InChI=1S/C53H54N3O.C19H24N.Ir/c1-31-26-43(55-30-41(31)32-14-17-34(18-15-32)50(2,3)4)39-24-25-42(53(11,12)13)46-40-21-16-33(29-54)47(49(40)57-48(39)46)56-44-27-35(51(5,6)7)19-22-37(44)38-23-20-36(28-45(38)56)52(8,9)10;1-18(2,3)15-9-7-8-14(12-15)17-11-10-16(13-20-17)19(4,5)6;/h14-23,25-28,30H,1-13H3;7,9-13H,1-6H3;/q2*-1;. The Hall–Kier alpha value is -6.64. The van der Waals surface area contributed by atoms with E-state index in [1.54, 1.807) is 0 Å². The number of nitrogens with zero attached hydrogens (tertiary/aromatic N) is 4. The van der Waals surface area contributed by atoms with E-state index in [-0.39, 0.29) is 52.6 Å². The molecule has 6 aromatic carbocycles. The number of aromatic nitrogens is 3. The number of pyridine rings is 2. The van der Waals surface area contributed by atoms with Crippen molar-refractivity contribution in [1.29, 1.82) is 5.26 Å². The fraction of sp³-hybridized carbons (Fsp3) is 0.347. The van der Waals surface area contributed by atoms with Gasteiger partial charge in [-0.05, 0) is 102 Å². The summed E-state index contributed by atoms with van der Waals surface area (Å²) in [5.41, 5.74) is 19.4. The van der Waals surface area contributed by atoms with Crippen molar-refractivity contribution < 1.29 is 24.5 Å². The minimum atomic E-state index is -0.208. The van der Waals surface area contributed by atoms with Crippen molar-refractivity contribution in [2.45, 2.75) is 164 Å². The van der Waals surface area contributed by atoms with Crippen LogP contribution >= 0.6 is 0 Å². The van der Waals surface area contributed by atoms with Gasteiger partial charge in [0.1, 0.15) is 17.3 Å². The van der Waals surface area contributed by atoms with E-state index in [1.165, 1.54) is 27.8 Å². The Labute approximate surface area is 478 Å². The van der Waals surface area contributed by atoms with Gasteiger partial charge in [-0.3, -0.25) is 0 Å². The number of aryl methyl sites for hydroxylation is 1. The summed E-state index contributed by atoms with van der Waals surface area (Å²) in [6.45, 7) is 42.3. The van der Waals surface area contributed by atoms with Gasteiger partial charge in [-0.2, -0.15) is 5.26 Å². The summed E-state index contributed by atoms with van der Waals surface area (Å²) in [5, 5.41) is 15.2. The summed E-state index contributed by atoms with van der Waals surface area (Å²) in [6, 6.07) is 50.8. The predicted molar refractivity (Wildman–Crippen MR) is 326 cm³/mol. The quantitative estimate of drug-likeness (QED) is 0.165. The molecule has 4 aromatic heterocycles. The van der Waals surface area contributed by atoms with E-state index in [9.17, 15) is 5.26 Å². The van der Waals surface area contributed by atoms with Gasteiger partial charge in [0.05, 0.1) is 22.2 Å². The van der Waals surface area contributed by atoms with Crippen LogP contribution in [0, 0.1) is 30.4 Å². The average Bonchev–Trinajstić information content (AvgIpc) is 4.16. The topological polar surface area (TPSA) is 67.6 Å². The molecule has 10 rings (SSSR count). The molecule has 0 bridgehead atoms. The maximum atomic E-state index is 10.9. The van der Waals surface area contributed by atoms with Gasteiger partial charge >= 0.3 is 0 Å². The first kappa shape index (κ1) is 57.5. The van der Waals surface area contributed by atoms with E-state index in [2.05, 4.69) is 262 Å². The number of nitriles is 1. The zero-order valence-electron chi connectivity index (χ0n) is 49.7. The fourth-order valence-electron chi connectivity index (χ4n) is 10.4. The van der Waals surface area contributed by atoms with Crippen LogP contribution in [0.15, 0.2) is 132 Å². The van der Waals surface area contributed by atoms with Crippen LogP contribution in [0.2, 0.25) is 0 Å². The molecule has 0 fully saturated rings. The Morgan fingerprint density at radius 1 is 0.500 bits per heavy atom. The molecular weight excluding hydrogens is 1130 g/mol. The van der Waals surface area contributed by atoms with Crippen LogP contribution in [0.5, 0.6) is 0 Å². The van der Waals surface area contributed by atoms with Crippen molar-refractivity contribution in [3.63, 3.8) is 0 Å². The third-order valence-electron chi connectivity index (χ3n) is 15.3. The van der Waals surface area contributed by atoms with Gasteiger partial charge in [0.15, 0.2) is 0 Å². The van der Waals surface area contributed by atoms with Crippen molar-refractivity contribution >= 4 is 43.7 Å². The first-order valence-electron chi connectivity index (χ1n) is 27.4. The predicted octanol–water partition coefficient (Wildman–Crippen LogP) is 19.7. The van der Waals surface area contributed by atoms with E-state index < -0.39 is 0 Å². The first-order chi connectivity index (χ1) is 35.8. The number of fused-ring (bicyclic) bond motifs is 6. The molecule has 0 aliphatic carbocycles. The third kappa shape index (κ3) is 11.2. The minimum absolute atomic E-state index is 0. The molecule has 6 heteroatoms. The molecule has 10 aromatic rings. The fourth-order valence-corrected chi connectivity index (χ4v) is 10.4. The molecule has 0 amide bonds. The third-order valence-corrected chi connectivity index (χ3v) is 15.3. The van der Waals surface area contributed by atoms with Crippen LogP contribution in [0.1, 0.15) is 169 Å². The van der Waals surface area contributed by atoms with Crippen LogP contribution < -0.4 is 0 Å². The van der Waals surface area contributed by atoms with Crippen LogP contribution in [0.4, 0.5) is 0 Å². The molecule has 0 saturated heterocycles. The summed E-state index contributed by atoms with van der Waals surface area (Å²) >= 11 is 0. The molecule has 5 nitrogen and oxygen atoms in total. The molecule has 0 atom stereocenters. The van der Waals surface area contributed by atoms with Gasteiger partial charge in [-0.25, -0.2) is 0 Å².